The number of hydrogen-bond acceptors (Lipinski definition) is 4. The van der Waals surface area contributed by atoms with Crippen molar-refractivity contribution in [1.29, 1.82) is 0 Å². The van der Waals surface area contributed by atoms with Crippen LogP contribution < -0.4 is 5.32 Å². The van der Waals surface area contributed by atoms with Crippen molar-refractivity contribution in [2.45, 2.75) is 32.4 Å². The summed E-state index contributed by atoms with van der Waals surface area (Å²) in [5, 5.41) is 2.95. The lowest BCUT2D eigenvalue weighted by Gasteiger charge is -2.32. The third kappa shape index (κ3) is 3.80. The molecule has 0 unspecified atom stereocenters. The Morgan fingerprint density at radius 2 is 1.79 bits per heavy atom. The number of nitrogens with zero attached hydrogens (tertiary/aromatic N) is 4. The van der Waals surface area contributed by atoms with Crippen LogP contribution in [0.4, 0.5) is 0 Å². The van der Waals surface area contributed by atoms with Gasteiger partial charge in [0.15, 0.2) is 5.82 Å². The molecule has 2 aliphatic heterocycles. The van der Waals surface area contributed by atoms with Crippen molar-refractivity contribution in [3.63, 3.8) is 0 Å². The van der Waals surface area contributed by atoms with Crippen LogP contribution in [0, 0.1) is 0 Å². The van der Waals surface area contributed by atoms with Gasteiger partial charge in [-0.3, -0.25) is 9.59 Å². The van der Waals surface area contributed by atoms with Gasteiger partial charge in [0.1, 0.15) is 5.69 Å². The first-order chi connectivity index (χ1) is 13.6. The molecule has 1 saturated heterocycles. The molecule has 148 valence electrons. The van der Waals surface area contributed by atoms with Crippen molar-refractivity contribution >= 4 is 11.8 Å². The molecule has 0 aliphatic carbocycles. The van der Waals surface area contributed by atoms with Crippen LogP contribution in [0.3, 0.4) is 0 Å². The Morgan fingerprint density at radius 3 is 2.54 bits per heavy atom. The Bertz CT molecular complexity index is 853. The molecule has 0 spiro atoms. The Labute approximate surface area is 165 Å². The van der Waals surface area contributed by atoms with Crippen molar-refractivity contribution in [1.82, 2.24) is 24.7 Å². The molecular weight excluding hydrogens is 354 g/mol. The van der Waals surface area contributed by atoms with E-state index < -0.39 is 0 Å². The number of hydrogen-bond donors (Lipinski definition) is 1. The van der Waals surface area contributed by atoms with Crippen LogP contribution in [0.1, 0.15) is 45.2 Å². The van der Waals surface area contributed by atoms with Gasteiger partial charge in [-0.05, 0) is 31.9 Å². The second kappa shape index (κ2) is 8.14. The predicted molar refractivity (Wildman–Crippen MR) is 106 cm³/mol. The average Bonchev–Trinajstić information content (AvgIpc) is 3.13. The van der Waals surface area contributed by atoms with Crippen LogP contribution in [0.15, 0.2) is 30.3 Å². The van der Waals surface area contributed by atoms with Gasteiger partial charge in [-0.15, -0.1) is 0 Å². The predicted octanol–water partition coefficient (Wildman–Crippen LogP) is 1.54. The first-order valence-electron chi connectivity index (χ1n) is 10.0. The fourth-order valence-corrected chi connectivity index (χ4v) is 3.90. The van der Waals surface area contributed by atoms with Crippen LogP contribution in [0.25, 0.3) is 0 Å². The number of imidazole rings is 1. The lowest BCUT2D eigenvalue weighted by atomic mass is 10.1. The zero-order valence-electron chi connectivity index (χ0n) is 16.4. The largest absolute Gasteiger partial charge is 0.345 e. The Morgan fingerprint density at radius 1 is 1.04 bits per heavy atom. The third-order valence-electron chi connectivity index (χ3n) is 5.61. The van der Waals surface area contributed by atoms with Gasteiger partial charge in [-0.25, -0.2) is 4.98 Å². The summed E-state index contributed by atoms with van der Waals surface area (Å²) in [5.41, 5.74) is 2.42. The minimum absolute atomic E-state index is 0.0409. The maximum Gasteiger partial charge on any atom is 0.287 e. The highest BCUT2D eigenvalue weighted by atomic mass is 16.2. The molecule has 3 heterocycles. The number of amides is 2. The maximum atomic E-state index is 13.1. The fourth-order valence-electron chi connectivity index (χ4n) is 3.90. The highest BCUT2D eigenvalue weighted by Crippen LogP contribution is 2.23. The second-order valence-electron chi connectivity index (χ2n) is 7.60. The van der Waals surface area contributed by atoms with E-state index in [1.165, 1.54) is 0 Å². The van der Waals surface area contributed by atoms with Crippen molar-refractivity contribution in [2.24, 2.45) is 0 Å². The van der Waals surface area contributed by atoms with Crippen molar-refractivity contribution < 1.29 is 9.59 Å². The number of rotatable bonds is 4. The number of nitrogens with one attached hydrogen (secondary N) is 1. The summed E-state index contributed by atoms with van der Waals surface area (Å²) >= 11 is 0. The van der Waals surface area contributed by atoms with Gasteiger partial charge in [0.25, 0.3) is 11.8 Å². The molecule has 2 aliphatic rings. The minimum atomic E-state index is -0.218. The molecule has 0 bridgehead atoms. The SMILES string of the molecule is CN1CCN(C(=O)c2nc(C(=O)NCc3ccccc3)n3c2CCCC3)CC1. The number of carbonyl (C=O) groups excluding carboxylic acids is 2. The van der Waals surface area contributed by atoms with Crippen molar-refractivity contribution in [2.75, 3.05) is 33.2 Å². The summed E-state index contributed by atoms with van der Waals surface area (Å²) in [6.07, 6.45) is 2.83. The quantitative estimate of drug-likeness (QED) is 0.872. The van der Waals surface area contributed by atoms with Gasteiger partial charge >= 0.3 is 0 Å². The molecule has 0 saturated carbocycles. The van der Waals surface area contributed by atoms with Crippen molar-refractivity contribution in [3.8, 4) is 0 Å². The highest BCUT2D eigenvalue weighted by Gasteiger charge is 2.30. The Kier molecular flexibility index (Phi) is 5.43. The van der Waals surface area contributed by atoms with E-state index in [0.717, 1.165) is 50.2 Å². The average molecular weight is 381 g/mol. The second-order valence-corrected chi connectivity index (χ2v) is 7.60. The highest BCUT2D eigenvalue weighted by molar-refractivity contribution is 5.97. The van der Waals surface area contributed by atoms with Gasteiger partial charge in [0.05, 0.1) is 5.69 Å². The van der Waals surface area contributed by atoms with Crippen LogP contribution in [-0.2, 0) is 19.5 Å². The third-order valence-corrected chi connectivity index (χ3v) is 5.61. The van der Waals surface area contributed by atoms with Gasteiger partial charge in [-0.1, -0.05) is 30.3 Å². The molecule has 1 aromatic carbocycles. The smallest absolute Gasteiger partial charge is 0.287 e. The number of aromatic nitrogens is 2. The minimum Gasteiger partial charge on any atom is -0.345 e. The topological polar surface area (TPSA) is 70.5 Å². The number of likely N-dealkylation sites (N-methyl/N-ethyl adjacent to an activating group) is 1. The number of benzene rings is 1. The van der Waals surface area contributed by atoms with E-state index in [2.05, 4.69) is 22.2 Å². The molecule has 28 heavy (non-hydrogen) atoms. The van der Waals surface area contributed by atoms with Crippen LogP contribution in [0.2, 0.25) is 0 Å². The van der Waals surface area contributed by atoms with E-state index in [0.29, 0.717) is 31.2 Å². The molecular formula is C21H27N5O2. The molecule has 7 heteroatoms. The molecule has 7 nitrogen and oxygen atoms in total. The fraction of sp³-hybridized carbons (Fsp3) is 0.476. The van der Waals surface area contributed by atoms with E-state index in [4.69, 9.17) is 0 Å². The first kappa shape index (κ1) is 18.7. The standard InChI is InChI=1S/C21H27N5O2/c1-24-11-13-25(14-12-24)21(28)18-17-9-5-6-10-26(17)19(23-18)20(27)22-15-16-7-3-2-4-8-16/h2-4,7-8H,5-6,9-15H2,1H3,(H,22,27). The number of fused-ring (bicyclic) bond motifs is 1. The number of carbonyl (C=O) groups is 2. The molecule has 4 rings (SSSR count). The van der Waals surface area contributed by atoms with E-state index >= 15 is 0 Å². The van der Waals surface area contributed by atoms with Crippen LogP contribution in [0.5, 0.6) is 0 Å². The Balaban J connectivity index is 1.54. The molecule has 2 aromatic rings. The summed E-state index contributed by atoms with van der Waals surface area (Å²) in [5.74, 6) is 0.105. The van der Waals surface area contributed by atoms with Crippen LogP contribution >= 0.6 is 0 Å². The Hall–Kier alpha value is -2.67. The summed E-state index contributed by atoms with van der Waals surface area (Å²) in [6.45, 7) is 4.34. The molecule has 1 aromatic heterocycles. The summed E-state index contributed by atoms with van der Waals surface area (Å²) in [7, 11) is 2.06. The van der Waals surface area contributed by atoms with Gasteiger partial charge in [0.2, 0.25) is 0 Å². The van der Waals surface area contributed by atoms with E-state index in [-0.39, 0.29) is 11.8 Å². The van der Waals surface area contributed by atoms with Gasteiger partial charge < -0.3 is 19.7 Å². The molecule has 1 fully saturated rings. The zero-order valence-corrected chi connectivity index (χ0v) is 16.4. The van der Waals surface area contributed by atoms with Gasteiger partial charge in [-0.2, -0.15) is 0 Å². The number of piperazine rings is 1. The van der Waals surface area contributed by atoms with Crippen LogP contribution in [-0.4, -0.2) is 64.4 Å². The summed E-state index contributed by atoms with van der Waals surface area (Å²) in [4.78, 5) is 34.5. The summed E-state index contributed by atoms with van der Waals surface area (Å²) < 4.78 is 1.95. The van der Waals surface area contributed by atoms with E-state index in [1.54, 1.807) is 0 Å². The molecule has 0 atom stereocenters. The van der Waals surface area contributed by atoms with Gasteiger partial charge in [0, 0.05) is 39.3 Å². The molecule has 0 radical (unpaired) electrons. The van der Waals surface area contributed by atoms with E-state index in [1.807, 2.05) is 39.8 Å². The maximum absolute atomic E-state index is 13.1. The summed E-state index contributed by atoms with van der Waals surface area (Å²) in [6, 6.07) is 9.80. The monoisotopic (exact) mass is 381 g/mol. The molecule has 2 amide bonds. The lowest BCUT2D eigenvalue weighted by molar-refractivity contribution is 0.0657. The molecule has 1 N–H and O–H groups in total. The van der Waals surface area contributed by atoms with Crippen molar-refractivity contribution in [3.05, 3.63) is 53.1 Å². The normalized spacial score (nSPS) is 17.2. The zero-order chi connectivity index (χ0) is 19.5. The van der Waals surface area contributed by atoms with E-state index in [9.17, 15) is 9.59 Å². The lowest BCUT2D eigenvalue weighted by Crippen LogP contribution is -2.47. The first-order valence-corrected chi connectivity index (χ1v) is 10.0.